The molecule has 0 aromatic heterocycles. The van der Waals surface area contributed by atoms with Gasteiger partial charge in [-0.3, -0.25) is 0 Å². The lowest BCUT2D eigenvalue weighted by atomic mass is 10.1. The molecule has 0 amide bonds. The van der Waals surface area contributed by atoms with Crippen molar-refractivity contribution in [3.63, 3.8) is 0 Å². The van der Waals surface area contributed by atoms with E-state index in [0.29, 0.717) is 13.1 Å². The lowest BCUT2D eigenvalue weighted by Crippen LogP contribution is -2.65. The van der Waals surface area contributed by atoms with E-state index in [9.17, 15) is 0 Å². The van der Waals surface area contributed by atoms with Gasteiger partial charge < -0.3 is 16.2 Å². The number of aliphatic hydroxyl groups is 1. The van der Waals surface area contributed by atoms with Crippen LogP contribution < -0.4 is 11.1 Å². The van der Waals surface area contributed by atoms with E-state index < -0.39 is 5.72 Å². The summed E-state index contributed by atoms with van der Waals surface area (Å²) < 4.78 is 0. The Hall–Kier alpha value is -0.120. The molecule has 0 spiro atoms. The van der Waals surface area contributed by atoms with Gasteiger partial charge in [-0.1, -0.05) is 0 Å². The summed E-state index contributed by atoms with van der Waals surface area (Å²) in [5.41, 5.74) is 4.23. The maximum Gasteiger partial charge on any atom is 0.138 e. The molecule has 1 fully saturated rings. The molecule has 1 saturated heterocycles. The highest BCUT2D eigenvalue weighted by atomic mass is 16.3. The quantitative estimate of drug-likeness (QED) is 0.307. The van der Waals surface area contributed by atoms with Crippen molar-refractivity contribution in [3.05, 3.63) is 0 Å². The molecular weight excluding hydrogens is 80.0 g/mol. The average molecular weight is 88.1 g/mol. The van der Waals surface area contributed by atoms with Gasteiger partial charge in [0.1, 0.15) is 5.72 Å². The van der Waals surface area contributed by atoms with Crippen molar-refractivity contribution < 1.29 is 5.11 Å². The molecule has 1 aliphatic heterocycles. The van der Waals surface area contributed by atoms with Crippen molar-refractivity contribution in [2.24, 2.45) is 5.73 Å². The molecule has 0 atom stereocenters. The number of nitrogens with one attached hydrogen (secondary N) is 1. The molecule has 0 aliphatic carbocycles. The maximum absolute atomic E-state index is 8.63. The summed E-state index contributed by atoms with van der Waals surface area (Å²) >= 11 is 0. The van der Waals surface area contributed by atoms with E-state index in [1.54, 1.807) is 0 Å². The molecule has 3 heteroatoms. The summed E-state index contributed by atoms with van der Waals surface area (Å²) in [7, 11) is 0. The van der Waals surface area contributed by atoms with Gasteiger partial charge in [0.25, 0.3) is 0 Å². The molecule has 4 N–H and O–H groups in total. The van der Waals surface area contributed by atoms with Crippen LogP contribution in [0.15, 0.2) is 0 Å². The van der Waals surface area contributed by atoms with Crippen molar-refractivity contribution in [1.82, 2.24) is 5.32 Å². The van der Waals surface area contributed by atoms with E-state index in [2.05, 4.69) is 5.32 Å². The topological polar surface area (TPSA) is 58.3 Å². The fourth-order valence-electron chi connectivity index (χ4n) is 0.381. The molecular formula is C3H8N2O. The van der Waals surface area contributed by atoms with Crippen LogP contribution in [0.5, 0.6) is 0 Å². The van der Waals surface area contributed by atoms with Gasteiger partial charge in [0.15, 0.2) is 0 Å². The number of rotatable bonds is 0. The summed E-state index contributed by atoms with van der Waals surface area (Å²) in [6, 6.07) is 0. The van der Waals surface area contributed by atoms with Gasteiger partial charge >= 0.3 is 0 Å². The Kier molecular flexibility index (Phi) is 0.629. The van der Waals surface area contributed by atoms with Crippen LogP contribution in [-0.2, 0) is 0 Å². The van der Waals surface area contributed by atoms with Gasteiger partial charge in [-0.2, -0.15) is 0 Å². The van der Waals surface area contributed by atoms with Crippen LogP contribution in [-0.4, -0.2) is 23.9 Å². The summed E-state index contributed by atoms with van der Waals surface area (Å²) in [5, 5.41) is 11.5. The molecule has 0 bridgehead atoms. The largest absolute Gasteiger partial charge is 0.373 e. The molecule has 0 saturated carbocycles. The first-order chi connectivity index (χ1) is 2.71. The zero-order valence-corrected chi connectivity index (χ0v) is 3.44. The molecule has 3 nitrogen and oxygen atoms in total. The predicted octanol–water partition coefficient (Wildman–Crippen LogP) is -1.76. The molecule has 36 valence electrons. The normalized spacial score (nSPS) is 29.0. The minimum Gasteiger partial charge on any atom is -0.373 e. The van der Waals surface area contributed by atoms with Gasteiger partial charge in [-0.15, -0.1) is 0 Å². The SMILES string of the molecule is NC1(O)CNC1. The zero-order chi connectivity index (χ0) is 4.62. The molecule has 1 rings (SSSR count). The van der Waals surface area contributed by atoms with Crippen LogP contribution in [0.25, 0.3) is 0 Å². The van der Waals surface area contributed by atoms with Gasteiger partial charge in [0, 0.05) is 13.1 Å². The van der Waals surface area contributed by atoms with Crippen molar-refractivity contribution in [2.75, 3.05) is 13.1 Å². The van der Waals surface area contributed by atoms with Crippen LogP contribution >= 0.6 is 0 Å². The van der Waals surface area contributed by atoms with Gasteiger partial charge in [-0.25, -0.2) is 0 Å². The summed E-state index contributed by atoms with van der Waals surface area (Å²) in [6.45, 7) is 1.07. The second-order valence-corrected chi connectivity index (χ2v) is 1.71. The first-order valence-corrected chi connectivity index (χ1v) is 1.93. The third kappa shape index (κ3) is 0.518. The third-order valence-electron chi connectivity index (χ3n) is 0.862. The van der Waals surface area contributed by atoms with Crippen LogP contribution in [0.4, 0.5) is 0 Å². The second-order valence-electron chi connectivity index (χ2n) is 1.71. The predicted molar refractivity (Wildman–Crippen MR) is 22.0 cm³/mol. The second kappa shape index (κ2) is 0.932. The molecule has 1 heterocycles. The Balaban J connectivity index is 2.31. The van der Waals surface area contributed by atoms with Crippen molar-refractivity contribution >= 4 is 0 Å². The number of hydrogen-bond acceptors (Lipinski definition) is 3. The Labute approximate surface area is 36.1 Å². The minimum absolute atomic E-state index is 0.535. The molecule has 0 aromatic carbocycles. The summed E-state index contributed by atoms with van der Waals surface area (Å²) in [5.74, 6) is 0. The minimum atomic E-state index is -0.889. The molecule has 0 aromatic rings. The highest BCUT2D eigenvalue weighted by Crippen LogP contribution is 1.97. The number of hydrogen-bond donors (Lipinski definition) is 3. The van der Waals surface area contributed by atoms with Crippen LogP contribution in [0.3, 0.4) is 0 Å². The summed E-state index contributed by atoms with van der Waals surface area (Å²) in [6.07, 6.45) is 0. The fourth-order valence-corrected chi connectivity index (χ4v) is 0.381. The Morgan fingerprint density at radius 2 is 2.00 bits per heavy atom. The fraction of sp³-hybridized carbons (Fsp3) is 1.00. The van der Waals surface area contributed by atoms with E-state index >= 15 is 0 Å². The molecule has 0 unspecified atom stereocenters. The van der Waals surface area contributed by atoms with Gasteiger partial charge in [0.2, 0.25) is 0 Å². The van der Waals surface area contributed by atoms with Crippen LogP contribution in [0.1, 0.15) is 0 Å². The lowest BCUT2D eigenvalue weighted by Gasteiger charge is -2.32. The van der Waals surface area contributed by atoms with Gasteiger partial charge in [0.05, 0.1) is 0 Å². The third-order valence-corrected chi connectivity index (χ3v) is 0.862. The molecule has 6 heavy (non-hydrogen) atoms. The number of nitrogens with two attached hydrogens (primary N) is 1. The zero-order valence-electron chi connectivity index (χ0n) is 3.44. The first kappa shape index (κ1) is 4.05. The van der Waals surface area contributed by atoms with Gasteiger partial charge in [-0.05, 0) is 0 Å². The first-order valence-electron chi connectivity index (χ1n) is 1.93. The Morgan fingerprint density at radius 3 is 2.00 bits per heavy atom. The van der Waals surface area contributed by atoms with Crippen molar-refractivity contribution in [2.45, 2.75) is 5.72 Å². The number of β-amino-alcohol motifs (C(OH)–C–C–N with tert-alkyl or cyclic N) is 1. The van der Waals surface area contributed by atoms with Crippen molar-refractivity contribution in [3.8, 4) is 0 Å². The summed E-state index contributed by atoms with van der Waals surface area (Å²) in [4.78, 5) is 0. The van der Waals surface area contributed by atoms with E-state index in [1.165, 1.54) is 0 Å². The highest BCUT2D eigenvalue weighted by molar-refractivity contribution is 4.85. The molecule has 1 aliphatic rings. The smallest absolute Gasteiger partial charge is 0.138 e. The highest BCUT2D eigenvalue weighted by Gasteiger charge is 2.28. The van der Waals surface area contributed by atoms with E-state index in [0.717, 1.165) is 0 Å². The van der Waals surface area contributed by atoms with E-state index in [-0.39, 0.29) is 0 Å². The standard InChI is InChI=1S/C3H8N2O/c4-3(6)1-5-2-3/h5-6H,1-2,4H2. The van der Waals surface area contributed by atoms with E-state index in [4.69, 9.17) is 10.8 Å². The average Bonchev–Trinajstić information content (AvgIpc) is 1.32. The van der Waals surface area contributed by atoms with Crippen molar-refractivity contribution in [1.29, 1.82) is 0 Å². The molecule has 0 radical (unpaired) electrons. The van der Waals surface area contributed by atoms with Crippen LogP contribution in [0, 0.1) is 0 Å². The maximum atomic E-state index is 8.63. The van der Waals surface area contributed by atoms with Crippen LogP contribution in [0.2, 0.25) is 0 Å². The van der Waals surface area contributed by atoms with E-state index in [1.807, 2.05) is 0 Å². The lowest BCUT2D eigenvalue weighted by molar-refractivity contribution is -0.00334. The Bertz CT molecular complexity index is 55.8. The Morgan fingerprint density at radius 1 is 1.67 bits per heavy atom. The monoisotopic (exact) mass is 88.1 g/mol.